The van der Waals surface area contributed by atoms with Gasteiger partial charge in [-0.25, -0.2) is 4.98 Å². The van der Waals surface area contributed by atoms with Crippen LogP contribution in [0.4, 0.5) is 5.82 Å². The van der Waals surface area contributed by atoms with E-state index >= 15 is 0 Å². The molecule has 0 spiro atoms. The number of piperidine rings is 1. The average Bonchev–Trinajstić information content (AvgIpc) is 2.94. The van der Waals surface area contributed by atoms with Gasteiger partial charge in [-0.15, -0.1) is 10.2 Å². The summed E-state index contributed by atoms with van der Waals surface area (Å²) < 4.78 is 1.79. The van der Waals surface area contributed by atoms with Gasteiger partial charge in [0, 0.05) is 39.6 Å². The van der Waals surface area contributed by atoms with Crippen molar-refractivity contribution in [2.45, 2.75) is 24.9 Å². The first-order chi connectivity index (χ1) is 10.5. The lowest BCUT2D eigenvalue weighted by molar-refractivity contribution is -0.134. The highest BCUT2D eigenvalue weighted by Gasteiger charge is 2.37. The van der Waals surface area contributed by atoms with Crippen molar-refractivity contribution in [3.8, 4) is 0 Å². The van der Waals surface area contributed by atoms with E-state index in [9.17, 15) is 9.90 Å². The van der Waals surface area contributed by atoms with Crippen molar-refractivity contribution in [1.29, 1.82) is 0 Å². The summed E-state index contributed by atoms with van der Waals surface area (Å²) in [5.74, 6) is 0.619. The number of carbonyl (C=O) groups is 1. The van der Waals surface area contributed by atoms with Crippen molar-refractivity contribution in [2.75, 3.05) is 32.1 Å². The Labute approximate surface area is 128 Å². The molecule has 1 fully saturated rings. The van der Waals surface area contributed by atoms with Gasteiger partial charge in [0.25, 0.3) is 0 Å². The third-order valence-corrected chi connectivity index (χ3v) is 4.03. The number of β-amino-alcohol motifs (C(OH)–C–C–N with tert-alkyl or cyclic N) is 1. The van der Waals surface area contributed by atoms with Crippen LogP contribution in [0.25, 0.3) is 5.65 Å². The molecule has 22 heavy (non-hydrogen) atoms. The third-order valence-electron chi connectivity index (χ3n) is 4.03. The minimum Gasteiger partial charge on any atom is -0.388 e. The zero-order chi connectivity index (χ0) is 15.7. The van der Waals surface area contributed by atoms with Crippen LogP contribution >= 0.6 is 0 Å². The van der Waals surface area contributed by atoms with Crippen molar-refractivity contribution in [3.63, 3.8) is 0 Å². The van der Waals surface area contributed by atoms with E-state index in [-0.39, 0.29) is 12.3 Å². The summed E-state index contributed by atoms with van der Waals surface area (Å²) >= 11 is 0. The van der Waals surface area contributed by atoms with Crippen molar-refractivity contribution < 1.29 is 9.90 Å². The summed E-state index contributed by atoms with van der Waals surface area (Å²) in [4.78, 5) is 19.8. The molecule has 1 unspecified atom stereocenters. The van der Waals surface area contributed by atoms with E-state index < -0.39 is 5.60 Å². The molecule has 8 heteroatoms. The number of hydrogen-bond donors (Lipinski definition) is 1. The Morgan fingerprint density at radius 1 is 1.50 bits per heavy atom. The lowest BCUT2D eigenvalue weighted by Gasteiger charge is -2.39. The maximum absolute atomic E-state index is 11.9. The van der Waals surface area contributed by atoms with Gasteiger partial charge < -0.3 is 14.9 Å². The van der Waals surface area contributed by atoms with Crippen LogP contribution in [0.2, 0.25) is 0 Å². The lowest BCUT2D eigenvalue weighted by atomic mass is 9.89. The summed E-state index contributed by atoms with van der Waals surface area (Å²) in [6, 6.07) is 0. The zero-order valence-electron chi connectivity index (χ0n) is 12.8. The number of carbonyl (C=O) groups excluding carboxylic acids is 1. The maximum atomic E-state index is 11.9. The number of nitrogens with zero attached hydrogens (tertiary/aromatic N) is 6. The van der Waals surface area contributed by atoms with Gasteiger partial charge in [0.2, 0.25) is 11.6 Å². The van der Waals surface area contributed by atoms with Gasteiger partial charge in [0.05, 0.1) is 12.0 Å². The van der Waals surface area contributed by atoms with Crippen molar-refractivity contribution in [2.24, 2.45) is 0 Å². The highest BCUT2D eigenvalue weighted by molar-refractivity contribution is 5.77. The lowest BCUT2D eigenvalue weighted by Crippen LogP contribution is -2.50. The fraction of sp³-hybridized carbons (Fsp3) is 0.571. The molecule has 0 saturated carbocycles. The quantitative estimate of drug-likeness (QED) is 0.854. The Morgan fingerprint density at radius 2 is 2.32 bits per heavy atom. The Kier molecular flexibility index (Phi) is 3.69. The first-order valence-electron chi connectivity index (χ1n) is 7.30. The zero-order valence-corrected chi connectivity index (χ0v) is 12.8. The van der Waals surface area contributed by atoms with Crippen LogP contribution in [-0.4, -0.2) is 68.3 Å². The normalized spacial score (nSPS) is 22.0. The highest BCUT2D eigenvalue weighted by atomic mass is 16.3. The molecule has 1 aliphatic rings. The molecule has 0 aromatic carbocycles. The first kappa shape index (κ1) is 14.7. The number of amides is 1. The highest BCUT2D eigenvalue weighted by Crippen LogP contribution is 2.29. The van der Waals surface area contributed by atoms with Crippen LogP contribution in [-0.2, 0) is 4.79 Å². The predicted molar refractivity (Wildman–Crippen MR) is 80.5 cm³/mol. The average molecular weight is 304 g/mol. The Morgan fingerprint density at radius 3 is 3.09 bits per heavy atom. The summed E-state index contributed by atoms with van der Waals surface area (Å²) in [6.45, 7) is 1.14. The molecule has 2 aromatic heterocycles. The second-order valence-electron chi connectivity index (χ2n) is 6.03. The largest absolute Gasteiger partial charge is 0.388 e. The molecule has 0 bridgehead atoms. The number of rotatable bonds is 3. The molecular weight excluding hydrogens is 284 g/mol. The molecule has 3 heterocycles. The van der Waals surface area contributed by atoms with Gasteiger partial charge >= 0.3 is 0 Å². The molecule has 3 rings (SSSR count). The van der Waals surface area contributed by atoms with Crippen LogP contribution in [0.5, 0.6) is 0 Å². The molecule has 118 valence electrons. The van der Waals surface area contributed by atoms with Crippen LogP contribution in [0.3, 0.4) is 0 Å². The van der Waals surface area contributed by atoms with Crippen LogP contribution in [0.1, 0.15) is 19.3 Å². The van der Waals surface area contributed by atoms with Gasteiger partial charge in [-0.3, -0.25) is 9.20 Å². The van der Waals surface area contributed by atoms with E-state index in [0.29, 0.717) is 24.4 Å². The SMILES string of the molecule is CN(C)C(=O)CC1(O)CCCN(c2nccn3cnnc23)C1. The smallest absolute Gasteiger partial charge is 0.225 e. The van der Waals surface area contributed by atoms with Gasteiger partial charge in [-0.2, -0.15) is 0 Å². The number of aromatic nitrogens is 4. The summed E-state index contributed by atoms with van der Waals surface area (Å²) in [7, 11) is 3.40. The Hall–Kier alpha value is -2.22. The molecule has 1 atom stereocenters. The molecule has 2 aromatic rings. The maximum Gasteiger partial charge on any atom is 0.225 e. The van der Waals surface area contributed by atoms with Gasteiger partial charge in [-0.05, 0) is 12.8 Å². The molecule has 1 saturated heterocycles. The monoisotopic (exact) mass is 304 g/mol. The van der Waals surface area contributed by atoms with E-state index in [1.54, 1.807) is 37.2 Å². The van der Waals surface area contributed by atoms with E-state index in [4.69, 9.17) is 0 Å². The number of fused-ring (bicyclic) bond motifs is 1. The topological polar surface area (TPSA) is 86.9 Å². The fourth-order valence-corrected chi connectivity index (χ4v) is 2.85. The number of anilines is 1. The van der Waals surface area contributed by atoms with Crippen LogP contribution in [0.15, 0.2) is 18.7 Å². The minimum absolute atomic E-state index is 0.0713. The predicted octanol–water partition coefficient (Wildman–Crippen LogP) is -0.0661. The molecule has 1 amide bonds. The molecule has 8 nitrogen and oxygen atoms in total. The summed E-state index contributed by atoms with van der Waals surface area (Å²) in [5, 5.41) is 18.8. The molecule has 0 aliphatic carbocycles. The standard InChI is InChI=1S/C14H20N6O2/c1-18(2)11(21)8-14(22)4-3-6-19(9-14)12-13-17-16-10-20(13)7-5-15-12/h5,7,10,22H,3-4,6,8-9H2,1-2H3. The van der Waals surface area contributed by atoms with Crippen molar-refractivity contribution in [3.05, 3.63) is 18.7 Å². The molecule has 0 radical (unpaired) electrons. The molecule has 1 aliphatic heterocycles. The second-order valence-corrected chi connectivity index (χ2v) is 6.03. The number of hydrogen-bond acceptors (Lipinski definition) is 6. The van der Waals surface area contributed by atoms with Crippen molar-refractivity contribution in [1.82, 2.24) is 24.5 Å². The van der Waals surface area contributed by atoms with E-state index in [1.807, 2.05) is 4.90 Å². The summed E-state index contributed by atoms with van der Waals surface area (Å²) in [5.41, 5.74) is -0.376. The van der Waals surface area contributed by atoms with E-state index in [0.717, 1.165) is 13.0 Å². The summed E-state index contributed by atoms with van der Waals surface area (Å²) in [6.07, 6.45) is 6.61. The van der Waals surface area contributed by atoms with Crippen LogP contribution < -0.4 is 4.90 Å². The van der Waals surface area contributed by atoms with Gasteiger partial charge in [0.1, 0.15) is 6.33 Å². The van der Waals surface area contributed by atoms with Crippen LogP contribution in [0, 0.1) is 0 Å². The third kappa shape index (κ3) is 2.74. The number of aliphatic hydroxyl groups is 1. The Balaban J connectivity index is 1.84. The second kappa shape index (κ2) is 5.53. The fourth-order valence-electron chi connectivity index (χ4n) is 2.85. The first-order valence-corrected chi connectivity index (χ1v) is 7.30. The van der Waals surface area contributed by atoms with E-state index in [2.05, 4.69) is 15.2 Å². The minimum atomic E-state index is -1.03. The van der Waals surface area contributed by atoms with Gasteiger partial charge in [-0.1, -0.05) is 0 Å². The van der Waals surface area contributed by atoms with Gasteiger partial charge in [0.15, 0.2) is 5.82 Å². The molecule has 1 N–H and O–H groups in total. The van der Waals surface area contributed by atoms with E-state index in [1.165, 1.54) is 4.90 Å². The Bertz CT molecular complexity index is 685. The van der Waals surface area contributed by atoms with Crippen molar-refractivity contribution >= 4 is 17.4 Å². The molecular formula is C14H20N6O2.